The summed E-state index contributed by atoms with van der Waals surface area (Å²) in [6.45, 7) is 6.25. The molecule has 0 N–H and O–H groups in total. The van der Waals surface area contributed by atoms with Crippen molar-refractivity contribution in [3.05, 3.63) is 42.2 Å². The summed E-state index contributed by atoms with van der Waals surface area (Å²) in [7, 11) is 0. The molecule has 0 aliphatic carbocycles. The average Bonchev–Trinajstić information content (AvgIpc) is 2.72. The lowest BCUT2D eigenvalue weighted by Gasteiger charge is -2.02. The summed E-state index contributed by atoms with van der Waals surface area (Å²) in [5.41, 5.74) is 2.42. The Bertz CT molecular complexity index is 426. The van der Waals surface area contributed by atoms with Crippen LogP contribution in [0.25, 0.3) is 0 Å². The van der Waals surface area contributed by atoms with E-state index in [0.29, 0.717) is 0 Å². The second-order valence-corrected chi connectivity index (χ2v) is 7.27. The molecule has 16 heavy (non-hydrogen) atoms. The fourth-order valence-corrected chi connectivity index (χ4v) is 4.20. The maximum atomic E-state index is 6.46. The SMILES string of the molecule is Cc1cc(C(Cl)c2cc(C)c(Cl)s2)sc1C. The summed E-state index contributed by atoms with van der Waals surface area (Å²) in [5.74, 6) is 0. The van der Waals surface area contributed by atoms with E-state index in [2.05, 4.69) is 26.0 Å². The van der Waals surface area contributed by atoms with Gasteiger partial charge < -0.3 is 0 Å². The Balaban J connectivity index is 2.34. The lowest BCUT2D eigenvalue weighted by atomic mass is 10.2. The zero-order valence-corrected chi connectivity index (χ0v) is 12.4. The Labute approximate surface area is 114 Å². The van der Waals surface area contributed by atoms with E-state index in [1.165, 1.54) is 15.3 Å². The van der Waals surface area contributed by atoms with Gasteiger partial charge in [0.25, 0.3) is 0 Å². The normalized spacial score (nSPS) is 13.1. The molecule has 0 aliphatic rings. The third kappa shape index (κ3) is 2.30. The number of hydrogen-bond acceptors (Lipinski definition) is 2. The standard InChI is InChI=1S/C12H12Cl2S2/c1-6-4-9(15-8(6)3)11(13)10-5-7(2)12(14)16-10/h4-5,11H,1-3H3. The van der Waals surface area contributed by atoms with Crippen LogP contribution in [0.5, 0.6) is 0 Å². The number of halogens is 2. The van der Waals surface area contributed by atoms with Gasteiger partial charge in [0.05, 0.1) is 4.34 Å². The van der Waals surface area contributed by atoms with E-state index in [4.69, 9.17) is 23.2 Å². The van der Waals surface area contributed by atoms with E-state index in [-0.39, 0.29) is 5.38 Å². The molecule has 0 saturated heterocycles. The molecule has 0 bridgehead atoms. The average molecular weight is 291 g/mol. The third-order valence-corrected chi connectivity index (χ3v) is 6.13. The minimum atomic E-state index is -0.0615. The number of rotatable bonds is 2. The molecule has 2 rings (SSSR count). The van der Waals surface area contributed by atoms with Gasteiger partial charge in [-0.05, 0) is 44.0 Å². The van der Waals surface area contributed by atoms with Crippen LogP contribution in [0.15, 0.2) is 12.1 Å². The number of thiophene rings is 2. The van der Waals surface area contributed by atoms with Crippen molar-refractivity contribution >= 4 is 45.9 Å². The molecule has 0 radical (unpaired) electrons. The summed E-state index contributed by atoms with van der Waals surface area (Å²) in [4.78, 5) is 3.67. The molecule has 2 aromatic heterocycles. The second kappa shape index (κ2) is 4.69. The van der Waals surface area contributed by atoms with Gasteiger partial charge in [0.1, 0.15) is 5.38 Å². The van der Waals surface area contributed by atoms with Crippen LogP contribution >= 0.6 is 45.9 Å². The highest BCUT2D eigenvalue weighted by atomic mass is 35.5. The summed E-state index contributed by atoms with van der Waals surface area (Å²) in [6, 6.07) is 4.25. The van der Waals surface area contributed by atoms with Crippen LogP contribution in [0.4, 0.5) is 0 Å². The van der Waals surface area contributed by atoms with E-state index in [0.717, 1.165) is 14.8 Å². The topological polar surface area (TPSA) is 0 Å². The Hall–Kier alpha value is -0.0200. The van der Waals surface area contributed by atoms with E-state index in [9.17, 15) is 0 Å². The van der Waals surface area contributed by atoms with Crippen LogP contribution < -0.4 is 0 Å². The lowest BCUT2D eigenvalue weighted by Crippen LogP contribution is -1.84. The number of aryl methyl sites for hydroxylation is 3. The molecule has 4 heteroatoms. The highest BCUT2D eigenvalue weighted by Gasteiger charge is 2.17. The van der Waals surface area contributed by atoms with E-state index in [1.807, 2.05) is 6.92 Å². The summed E-state index contributed by atoms with van der Waals surface area (Å²) >= 11 is 15.9. The maximum absolute atomic E-state index is 6.46. The molecule has 0 amide bonds. The highest BCUT2D eigenvalue weighted by Crippen LogP contribution is 2.40. The maximum Gasteiger partial charge on any atom is 0.102 e. The van der Waals surface area contributed by atoms with Crippen molar-refractivity contribution in [2.24, 2.45) is 0 Å². The Morgan fingerprint density at radius 2 is 1.56 bits per heavy atom. The van der Waals surface area contributed by atoms with Gasteiger partial charge in [0.2, 0.25) is 0 Å². The van der Waals surface area contributed by atoms with Gasteiger partial charge in [0, 0.05) is 14.6 Å². The third-order valence-electron chi connectivity index (χ3n) is 2.56. The minimum Gasteiger partial charge on any atom is -0.143 e. The molecular weight excluding hydrogens is 279 g/mol. The van der Waals surface area contributed by atoms with Gasteiger partial charge >= 0.3 is 0 Å². The molecule has 86 valence electrons. The minimum absolute atomic E-state index is 0.0615. The van der Waals surface area contributed by atoms with Gasteiger partial charge in [-0.1, -0.05) is 11.6 Å². The van der Waals surface area contributed by atoms with E-state index >= 15 is 0 Å². The van der Waals surface area contributed by atoms with Crippen LogP contribution in [0.1, 0.15) is 31.1 Å². The summed E-state index contributed by atoms with van der Waals surface area (Å²) < 4.78 is 0.839. The van der Waals surface area contributed by atoms with Crippen LogP contribution in [0, 0.1) is 20.8 Å². The van der Waals surface area contributed by atoms with Crippen molar-refractivity contribution in [1.82, 2.24) is 0 Å². The first-order valence-corrected chi connectivity index (χ1v) is 7.40. The Kier molecular flexibility index (Phi) is 3.65. The molecule has 0 nitrogen and oxygen atoms in total. The summed E-state index contributed by atoms with van der Waals surface area (Å²) in [5, 5.41) is -0.0615. The molecule has 0 aliphatic heterocycles. The Morgan fingerprint density at radius 1 is 1.00 bits per heavy atom. The van der Waals surface area contributed by atoms with Gasteiger partial charge in [0.15, 0.2) is 0 Å². The second-order valence-electron chi connectivity index (χ2n) is 3.86. The van der Waals surface area contributed by atoms with Crippen molar-refractivity contribution in [3.63, 3.8) is 0 Å². The van der Waals surface area contributed by atoms with Gasteiger partial charge in [-0.3, -0.25) is 0 Å². The predicted octanol–water partition coefficient (Wildman–Crippen LogP) is 5.72. The van der Waals surface area contributed by atoms with Crippen LogP contribution in [-0.2, 0) is 0 Å². The monoisotopic (exact) mass is 290 g/mol. The van der Waals surface area contributed by atoms with Gasteiger partial charge in [-0.2, -0.15) is 0 Å². The molecule has 2 aromatic rings. The molecule has 0 aromatic carbocycles. The van der Waals surface area contributed by atoms with Gasteiger partial charge in [-0.15, -0.1) is 34.3 Å². The summed E-state index contributed by atoms with van der Waals surface area (Å²) in [6.07, 6.45) is 0. The van der Waals surface area contributed by atoms with Crippen LogP contribution in [0.3, 0.4) is 0 Å². The fraction of sp³-hybridized carbons (Fsp3) is 0.333. The molecular formula is C12H12Cl2S2. The molecule has 2 heterocycles. The van der Waals surface area contributed by atoms with Crippen LogP contribution in [-0.4, -0.2) is 0 Å². The molecule has 0 fully saturated rings. The molecule has 0 saturated carbocycles. The largest absolute Gasteiger partial charge is 0.143 e. The predicted molar refractivity (Wildman–Crippen MR) is 75.6 cm³/mol. The van der Waals surface area contributed by atoms with Crippen molar-refractivity contribution < 1.29 is 0 Å². The smallest absolute Gasteiger partial charge is 0.102 e. The molecule has 1 atom stereocenters. The first-order valence-electron chi connectivity index (χ1n) is 4.96. The number of hydrogen-bond donors (Lipinski definition) is 0. The van der Waals surface area contributed by atoms with Crippen molar-refractivity contribution in [2.45, 2.75) is 26.1 Å². The first-order chi connectivity index (χ1) is 7.49. The Morgan fingerprint density at radius 3 is 2.00 bits per heavy atom. The fourth-order valence-electron chi connectivity index (χ4n) is 1.48. The van der Waals surface area contributed by atoms with E-state index < -0.39 is 0 Å². The number of alkyl halides is 1. The first kappa shape index (κ1) is 12.4. The van der Waals surface area contributed by atoms with E-state index in [1.54, 1.807) is 22.7 Å². The zero-order chi connectivity index (χ0) is 11.9. The zero-order valence-electron chi connectivity index (χ0n) is 9.30. The lowest BCUT2D eigenvalue weighted by molar-refractivity contribution is 1.23. The van der Waals surface area contributed by atoms with Crippen molar-refractivity contribution in [3.8, 4) is 0 Å². The quantitative estimate of drug-likeness (QED) is 0.621. The van der Waals surface area contributed by atoms with Crippen LogP contribution in [0.2, 0.25) is 4.34 Å². The molecule has 0 spiro atoms. The highest BCUT2D eigenvalue weighted by molar-refractivity contribution is 7.17. The molecule has 1 unspecified atom stereocenters. The van der Waals surface area contributed by atoms with Gasteiger partial charge in [-0.25, -0.2) is 0 Å². The van der Waals surface area contributed by atoms with Crippen molar-refractivity contribution in [1.29, 1.82) is 0 Å². The van der Waals surface area contributed by atoms with Crippen molar-refractivity contribution in [2.75, 3.05) is 0 Å².